The Morgan fingerprint density at radius 1 is 0.950 bits per heavy atom. The average Bonchev–Trinajstić information content (AvgIpc) is 2.46. The minimum absolute atomic E-state index is 0.528. The van der Waals surface area contributed by atoms with Crippen molar-refractivity contribution in [2.45, 2.75) is 26.3 Å². The molecule has 2 aromatic carbocycles. The summed E-state index contributed by atoms with van der Waals surface area (Å²) in [7, 11) is 1.66. The van der Waals surface area contributed by atoms with Gasteiger partial charge >= 0.3 is 0 Å². The topological polar surface area (TPSA) is 18.5 Å². The number of hydrogen-bond donors (Lipinski definition) is 0. The van der Waals surface area contributed by atoms with E-state index >= 15 is 0 Å². The van der Waals surface area contributed by atoms with Crippen molar-refractivity contribution < 1.29 is 9.47 Å². The van der Waals surface area contributed by atoms with Gasteiger partial charge in [-0.05, 0) is 48.2 Å². The molecular formula is C17H19ClO2. The van der Waals surface area contributed by atoms with E-state index in [1.54, 1.807) is 7.11 Å². The molecule has 3 heteroatoms. The van der Waals surface area contributed by atoms with Gasteiger partial charge < -0.3 is 9.47 Å². The van der Waals surface area contributed by atoms with Crippen molar-refractivity contribution in [2.75, 3.05) is 7.11 Å². The van der Waals surface area contributed by atoms with Gasteiger partial charge in [0.2, 0.25) is 0 Å². The van der Waals surface area contributed by atoms with Gasteiger partial charge in [0, 0.05) is 5.88 Å². The lowest BCUT2D eigenvalue weighted by atomic mass is 10.1. The molecule has 0 aliphatic rings. The Hall–Kier alpha value is -1.67. The highest BCUT2D eigenvalue weighted by atomic mass is 35.5. The molecule has 2 aromatic rings. The van der Waals surface area contributed by atoms with E-state index in [1.165, 1.54) is 0 Å². The minimum atomic E-state index is 0.528. The molecule has 0 aliphatic heterocycles. The van der Waals surface area contributed by atoms with Crippen molar-refractivity contribution in [1.82, 2.24) is 0 Å². The standard InChI is InChI=1S/C17H19ClO2/c1-12-8-15(10-18)9-13(2)17(12)20-11-14-4-6-16(19-3)7-5-14/h4-9H,10-11H2,1-3H3. The van der Waals surface area contributed by atoms with Crippen LogP contribution in [0.25, 0.3) is 0 Å². The van der Waals surface area contributed by atoms with Crippen LogP contribution in [-0.4, -0.2) is 7.11 Å². The first-order valence-electron chi connectivity index (χ1n) is 6.56. The third kappa shape index (κ3) is 3.45. The van der Waals surface area contributed by atoms with Crippen LogP contribution in [0.5, 0.6) is 11.5 Å². The molecule has 0 unspecified atom stereocenters. The van der Waals surface area contributed by atoms with E-state index in [0.717, 1.165) is 33.8 Å². The van der Waals surface area contributed by atoms with E-state index in [4.69, 9.17) is 21.1 Å². The Balaban J connectivity index is 2.10. The largest absolute Gasteiger partial charge is 0.497 e. The van der Waals surface area contributed by atoms with Crippen LogP contribution in [-0.2, 0) is 12.5 Å². The molecular weight excluding hydrogens is 272 g/mol. The number of methoxy groups -OCH3 is 1. The first-order valence-corrected chi connectivity index (χ1v) is 7.09. The number of benzene rings is 2. The highest BCUT2D eigenvalue weighted by Gasteiger charge is 2.06. The number of rotatable bonds is 5. The van der Waals surface area contributed by atoms with Gasteiger partial charge in [-0.3, -0.25) is 0 Å². The summed E-state index contributed by atoms with van der Waals surface area (Å²) in [6, 6.07) is 12.0. The van der Waals surface area contributed by atoms with Crippen LogP contribution in [0.4, 0.5) is 0 Å². The molecule has 20 heavy (non-hydrogen) atoms. The molecule has 2 nitrogen and oxygen atoms in total. The smallest absolute Gasteiger partial charge is 0.125 e. The van der Waals surface area contributed by atoms with E-state index in [2.05, 4.69) is 12.1 Å². The van der Waals surface area contributed by atoms with Gasteiger partial charge in [0.1, 0.15) is 18.1 Å². The predicted molar refractivity (Wildman–Crippen MR) is 82.8 cm³/mol. The lowest BCUT2D eigenvalue weighted by molar-refractivity contribution is 0.301. The molecule has 0 aliphatic carbocycles. The SMILES string of the molecule is COc1ccc(COc2c(C)cc(CCl)cc2C)cc1. The Morgan fingerprint density at radius 3 is 2.05 bits per heavy atom. The van der Waals surface area contributed by atoms with Gasteiger partial charge in [-0.15, -0.1) is 11.6 Å². The molecule has 0 saturated carbocycles. The van der Waals surface area contributed by atoms with Gasteiger partial charge in [-0.2, -0.15) is 0 Å². The molecule has 0 bridgehead atoms. The molecule has 106 valence electrons. The third-order valence-corrected chi connectivity index (χ3v) is 3.53. The van der Waals surface area contributed by atoms with Crippen molar-refractivity contribution in [3.05, 3.63) is 58.7 Å². The molecule has 0 spiro atoms. The van der Waals surface area contributed by atoms with Crippen LogP contribution >= 0.6 is 11.6 Å². The maximum absolute atomic E-state index is 5.94. The van der Waals surface area contributed by atoms with Crippen LogP contribution in [0.2, 0.25) is 0 Å². The quantitative estimate of drug-likeness (QED) is 0.748. The van der Waals surface area contributed by atoms with Crippen LogP contribution in [0, 0.1) is 13.8 Å². The zero-order valence-electron chi connectivity index (χ0n) is 12.1. The molecule has 0 aromatic heterocycles. The van der Waals surface area contributed by atoms with Gasteiger partial charge in [0.15, 0.2) is 0 Å². The van der Waals surface area contributed by atoms with E-state index in [1.807, 2.05) is 38.1 Å². The first kappa shape index (κ1) is 14.7. The molecule has 2 rings (SSSR count). The van der Waals surface area contributed by atoms with Gasteiger partial charge in [0.05, 0.1) is 7.11 Å². The zero-order chi connectivity index (χ0) is 14.5. The summed E-state index contributed by atoms with van der Waals surface area (Å²) in [5.41, 5.74) is 4.48. The van der Waals surface area contributed by atoms with Crippen molar-refractivity contribution in [1.29, 1.82) is 0 Å². The van der Waals surface area contributed by atoms with Crippen LogP contribution in [0.3, 0.4) is 0 Å². The molecule has 0 atom stereocenters. The minimum Gasteiger partial charge on any atom is -0.497 e. The second kappa shape index (κ2) is 6.67. The fraction of sp³-hybridized carbons (Fsp3) is 0.294. The summed E-state index contributed by atoms with van der Waals surface area (Å²) in [5.74, 6) is 2.32. The van der Waals surface area contributed by atoms with Gasteiger partial charge in [0.25, 0.3) is 0 Å². The first-order chi connectivity index (χ1) is 9.63. The Bertz CT molecular complexity index is 553. The monoisotopic (exact) mass is 290 g/mol. The summed E-state index contributed by atoms with van der Waals surface area (Å²) in [6.07, 6.45) is 0. The third-order valence-electron chi connectivity index (χ3n) is 3.22. The maximum atomic E-state index is 5.94. The zero-order valence-corrected chi connectivity index (χ0v) is 12.8. The van der Waals surface area contributed by atoms with Gasteiger partial charge in [-0.1, -0.05) is 24.3 Å². The Labute approximate surface area is 125 Å². The predicted octanol–water partition coefficient (Wildman–Crippen LogP) is 4.63. The Kier molecular flexibility index (Phi) is 4.91. The summed E-state index contributed by atoms with van der Waals surface area (Å²) in [5, 5.41) is 0. The van der Waals surface area contributed by atoms with Crippen molar-refractivity contribution >= 4 is 11.6 Å². The summed E-state index contributed by atoms with van der Waals surface area (Å²) < 4.78 is 11.1. The summed E-state index contributed by atoms with van der Waals surface area (Å²) >= 11 is 5.87. The number of aryl methyl sites for hydroxylation is 2. The molecule has 0 amide bonds. The number of halogens is 1. The fourth-order valence-corrected chi connectivity index (χ4v) is 2.38. The number of hydrogen-bond acceptors (Lipinski definition) is 2. The van der Waals surface area contributed by atoms with Crippen molar-refractivity contribution in [3.8, 4) is 11.5 Å². The molecule has 0 radical (unpaired) electrons. The van der Waals surface area contributed by atoms with Crippen LogP contribution < -0.4 is 9.47 Å². The molecule has 0 heterocycles. The summed E-state index contributed by atoms with van der Waals surface area (Å²) in [6.45, 7) is 4.64. The summed E-state index contributed by atoms with van der Waals surface area (Å²) in [4.78, 5) is 0. The van der Waals surface area contributed by atoms with E-state index < -0.39 is 0 Å². The van der Waals surface area contributed by atoms with Crippen molar-refractivity contribution in [2.24, 2.45) is 0 Å². The maximum Gasteiger partial charge on any atom is 0.125 e. The van der Waals surface area contributed by atoms with E-state index in [9.17, 15) is 0 Å². The number of alkyl halides is 1. The highest BCUT2D eigenvalue weighted by Crippen LogP contribution is 2.26. The molecule has 0 saturated heterocycles. The van der Waals surface area contributed by atoms with Crippen molar-refractivity contribution in [3.63, 3.8) is 0 Å². The lowest BCUT2D eigenvalue weighted by Crippen LogP contribution is -2.00. The fourth-order valence-electron chi connectivity index (χ4n) is 2.22. The normalized spacial score (nSPS) is 10.4. The lowest BCUT2D eigenvalue weighted by Gasteiger charge is -2.13. The average molecular weight is 291 g/mol. The second-order valence-electron chi connectivity index (χ2n) is 4.83. The second-order valence-corrected chi connectivity index (χ2v) is 5.10. The molecule has 0 N–H and O–H groups in total. The highest BCUT2D eigenvalue weighted by molar-refractivity contribution is 6.17. The van der Waals surface area contributed by atoms with Crippen LogP contribution in [0.1, 0.15) is 22.3 Å². The molecule has 0 fully saturated rings. The van der Waals surface area contributed by atoms with Gasteiger partial charge in [-0.25, -0.2) is 0 Å². The number of ether oxygens (including phenoxy) is 2. The van der Waals surface area contributed by atoms with E-state index in [0.29, 0.717) is 12.5 Å². The van der Waals surface area contributed by atoms with E-state index in [-0.39, 0.29) is 0 Å². The Morgan fingerprint density at radius 2 is 1.55 bits per heavy atom. The van der Waals surface area contributed by atoms with Crippen LogP contribution in [0.15, 0.2) is 36.4 Å².